The Kier molecular flexibility index (Phi) is 9.82. The van der Waals surface area contributed by atoms with E-state index in [1.165, 1.54) is 12.1 Å². The van der Waals surface area contributed by atoms with Crippen LogP contribution >= 0.6 is 0 Å². The van der Waals surface area contributed by atoms with Crippen LogP contribution in [0.3, 0.4) is 0 Å². The maximum absolute atomic E-state index is 12.8. The minimum atomic E-state index is -0.247. The first kappa shape index (κ1) is 20.5. The highest BCUT2D eigenvalue weighted by atomic mass is 19.1. The van der Waals surface area contributed by atoms with Gasteiger partial charge in [-0.15, -0.1) is 0 Å². The topological polar surface area (TPSA) is 58.1 Å². The van der Waals surface area contributed by atoms with Crippen molar-refractivity contribution in [2.75, 3.05) is 59.1 Å². The largest absolute Gasteiger partial charge is 0.494 e. The first-order valence-corrected chi connectivity index (χ1v) is 9.48. The smallest absolute Gasteiger partial charge is 0.191 e. The lowest BCUT2D eigenvalue weighted by Crippen LogP contribution is -2.44. The van der Waals surface area contributed by atoms with E-state index < -0.39 is 0 Å². The number of hydrogen-bond acceptors (Lipinski definition) is 4. The molecule has 146 valence electrons. The number of aliphatic imine (C=N–C) groups is 1. The van der Waals surface area contributed by atoms with Crippen LogP contribution in [-0.4, -0.2) is 69.9 Å². The Labute approximate surface area is 155 Å². The summed E-state index contributed by atoms with van der Waals surface area (Å²) in [6, 6.07) is 6.11. The van der Waals surface area contributed by atoms with E-state index in [1.54, 1.807) is 12.1 Å². The van der Waals surface area contributed by atoms with E-state index in [-0.39, 0.29) is 5.82 Å². The van der Waals surface area contributed by atoms with Gasteiger partial charge in [-0.25, -0.2) is 4.39 Å². The molecular weight excluding hydrogens is 335 g/mol. The van der Waals surface area contributed by atoms with Gasteiger partial charge < -0.3 is 20.1 Å². The molecule has 1 heterocycles. The van der Waals surface area contributed by atoms with Gasteiger partial charge in [0.15, 0.2) is 5.96 Å². The van der Waals surface area contributed by atoms with Gasteiger partial charge in [0.2, 0.25) is 0 Å². The summed E-state index contributed by atoms with van der Waals surface area (Å²) in [4.78, 5) is 6.99. The molecule has 1 aliphatic heterocycles. The molecule has 0 saturated carbocycles. The summed E-state index contributed by atoms with van der Waals surface area (Å²) < 4.78 is 23.8. The molecule has 0 spiro atoms. The maximum Gasteiger partial charge on any atom is 0.191 e. The summed E-state index contributed by atoms with van der Waals surface area (Å²) in [6.45, 7) is 9.81. The van der Waals surface area contributed by atoms with Crippen molar-refractivity contribution >= 4 is 5.96 Å². The highest BCUT2D eigenvalue weighted by Crippen LogP contribution is 2.11. The van der Waals surface area contributed by atoms with Gasteiger partial charge in [0.05, 0.1) is 19.8 Å². The molecule has 1 aromatic rings. The number of nitrogens with one attached hydrogen (secondary N) is 2. The van der Waals surface area contributed by atoms with Gasteiger partial charge in [-0.3, -0.25) is 9.89 Å². The average molecular weight is 366 g/mol. The van der Waals surface area contributed by atoms with Crippen molar-refractivity contribution in [2.24, 2.45) is 4.99 Å². The van der Waals surface area contributed by atoms with Gasteiger partial charge in [0.25, 0.3) is 0 Å². The van der Waals surface area contributed by atoms with Crippen LogP contribution in [0.2, 0.25) is 0 Å². The highest BCUT2D eigenvalue weighted by Gasteiger charge is 2.09. The van der Waals surface area contributed by atoms with Gasteiger partial charge in [0, 0.05) is 39.3 Å². The van der Waals surface area contributed by atoms with Crippen LogP contribution in [0.5, 0.6) is 5.75 Å². The van der Waals surface area contributed by atoms with Crippen molar-refractivity contribution in [3.05, 3.63) is 30.1 Å². The molecule has 0 unspecified atom stereocenters. The van der Waals surface area contributed by atoms with Crippen molar-refractivity contribution < 1.29 is 13.9 Å². The fourth-order valence-electron chi connectivity index (χ4n) is 2.62. The Bertz CT molecular complexity index is 519. The Morgan fingerprint density at radius 2 is 1.96 bits per heavy atom. The van der Waals surface area contributed by atoms with Crippen molar-refractivity contribution in [3.8, 4) is 5.75 Å². The summed E-state index contributed by atoms with van der Waals surface area (Å²) in [7, 11) is 0. The molecule has 2 rings (SSSR count). The number of ether oxygens (including phenoxy) is 2. The van der Waals surface area contributed by atoms with Crippen LogP contribution in [0.1, 0.15) is 19.8 Å². The first-order valence-electron chi connectivity index (χ1n) is 9.48. The van der Waals surface area contributed by atoms with Gasteiger partial charge in [-0.05, 0) is 44.0 Å². The molecule has 1 saturated heterocycles. The Balaban J connectivity index is 1.57. The molecule has 0 radical (unpaired) electrons. The van der Waals surface area contributed by atoms with Crippen molar-refractivity contribution in [1.82, 2.24) is 15.5 Å². The number of halogens is 1. The molecule has 2 N–H and O–H groups in total. The van der Waals surface area contributed by atoms with Crippen LogP contribution < -0.4 is 15.4 Å². The predicted octanol–water partition coefficient (Wildman–Crippen LogP) is 1.87. The lowest BCUT2D eigenvalue weighted by Gasteiger charge is -2.26. The molecule has 0 aromatic heterocycles. The lowest BCUT2D eigenvalue weighted by molar-refractivity contribution is 0.0389. The van der Waals surface area contributed by atoms with Crippen molar-refractivity contribution in [1.29, 1.82) is 0 Å². The molecule has 7 heteroatoms. The van der Waals surface area contributed by atoms with E-state index in [1.807, 2.05) is 0 Å². The molecular formula is C19H31FN4O2. The lowest BCUT2D eigenvalue weighted by atomic mass is 10.3. The molecule has 0 atom stereocenters. The fourth-order valence-corrected chi connectivity index (χ4v) is 2.62. The number of unbranched alkanes of at least 4 members (excludes halogenated alkanes) is 1. The molecule has 1 aliphatic rings. The van der Waals surface area contributed by atoms with E-state index in [0.717, 1.165) is 71.3 Å². The second-order valence-corrected chi connectivity index (χ2v) is 6.15. The van der Waals surface area contributed by atoms with E-state index in [4.69, 9.17) is 9.47 Å². The SMILES string of the molecule is CCNC(=NCCCCOc1ccc(F)cc1)NCCN1CCOCC1. The molecule has 0 bridgehead atoms. The quantitative estimate of drug-likeness (QED) is 0.376. The number of benzene rings is 1. The standard InChI is InChI=1S/C19H31FN4O2/c1-2-21-19(23-10-11-24-12-15-25-16-13-24)22-9-3-4-14-26-18-7-5-17(20)6-8-18/h5-8H,2-4,9-16H2,1H3,(H2,21,22,23). The van der Waals surface area contributed by atoms with Crippen molar-refractivity contribution in [3.63, 3.8) is 0 Å². The Hall–Kier alpha value is -1.86. The van der Waals surface area contributed by atoms with Gasteiger partial charge in [-0.1, -0.05) is 0 Å². The summed E-state index contributed by atoms with van der Waals surface area (Å²) in [5, 5.41) is 6.65. The van der Waals surface area contributed by atoms with E-state index in [2.05, 4.69) is 27.4 Å². The summed E-state index contributed by atoms with van der Waals surface area (Å²) in [6.07, 6.45) is 1.86. The Morgan fingerprint density at radius 3 is 2.69 bits per heavy atom. The van der Waals surface area contributed by atoms with E-state index in [0.29, 0.717) is 12.4 Å². The first-order chi connectivity index (χ1) is 12.8. The van der Waals surface area contributed by atoms with Crippen LogP contribution in [-0.2, 0) is 4.74 Å². The minimum Gasteiger partial charge on any atom is -0.494 e. The third-order valence-corrected chi connectivity index (χ3v) is 4.07. The van der Waals surface area contributed by atoms with Crippen LogP contribution in [0, 0.1) is 5.82 Å². The summed E-state index contributed by atoms with van der Waals surface area (Å²) in [5.41, 5.74) is 0. The zero-order chi connectivity index (χ0) is 18.5. The number of morpholine rings is 1. The predicted molar refractivity (Wildman–Crippen MR) is 102 cm³/mol. The van der Waals surface area contributed by atoms with E-state index >= 15 is 0 Å². The average Bonchev–Trinajstić information content (AvgIpc) is 2.67. The molecule has 1 fully saturated rings. The van der Waals surface area contributed by atoms with Crippen LogP contribution in [0.4, 0.5) is 4.39 Å². The van der Waals surface area contributed by atoms with Gasteiger partial charge >= 0.3 is 0 Å². The van der Waals surface area contributed by atoms with Crippen LogP contribution in [0.25, 0.3) is 0 Å². The second kappa shape index (κ2) is 12.5. The third kappa shape index (κ3) is 8.49. The number of nitrogens with zero attached hydrogens (tertiary/aromatic N) is 2. The zero-order valence-corrected chi connectivity index (χ0v) is 15.7. The maximum atomic E-state index is 12.8. The Morgan fingerprint density at radius 1 is 1.19 bits per heavy atom. The minimum absolute atomic E-state index is 0.247. The van der Waals surface area contributed by atoms with Gasteiger partial charge in [0.1, 0.15) is 11.6 Å². The molecule has 6 nitrogen and oxygen atoms in total. The number of guanidine groups is 1. The molecule has 0 amide bonds. The molecule has 1 aromatic carbocycles. The molecule has 0 aliphatic carbocycles. The fraction of sp³-hybridized carbons (Fsp3) is 0.632. The van der Waals surface area contributed by atoms with Crippen molar-refractivity contribution in [2.45, 2.75) is 19.8 Å². The second-order valence-electron chi connectivity index (χ2n) is 6.15. The van der Waals surface area contributed by atoms with Gasteiger partial charge in [-0.2, -0.15) is 0 Å². The monoisotopic (exact) mass is 366 g/mol. The molecule has 26 heavy (non-hydrogen) atoms. The normalized spacial score (nSPS) is 15.7. The number of rotatable bonds is 10. The number of hydrogen-bond donors (Lipinski definition) is 2. The highest BCUT2D eigenvalue weighted by molar-refractivity contribution is 5.79. The van der Waals surface area contributed by atoms with E-state index in [9.17, 15) is 4.39 Å². The summed E-state index contributed by atoms with van der Waals surface area (Å²) >= 11 is 0. The zero-order valence-electron chi connectivity index (χ0n) is 15.7. The third-order valence-electron chi connectivity index (χ3n) is 4.07. The summed E-state index contributed by atoms with van der Waals surface area (Å²) in [5.74, 6) is 1.32. The van der Waals surface area contributed by atoms with Crippen LogP contribution in [0.15, 0.2) is 29.3 Å².